The number of rotatable bonds is 4. The minimum absolute atomic E-state index is 0.111. The van der Waals surface area contributed by atoms with Crippen LogP contribution in [0.2, 0.25) is 0 Å². The van der Waals surface area contributed by atoms with Crippen LogP contribution in [-0.2, 0) is 4.79 Å². The Kier molecular flexibility index (Phi) is 3.92. The zero-order chi connectivity index (χ0) is 16.2. The number of nitrogens with zero attached hydrogens (tertiary/aromatic N) is 1. The van der Waals surface area contributed by atoms with Gasteiger partial charge in [-0.1, -0.05) is 12.1 Å². The van der Waals surface area contributed by atoms with Crippen LogP contribution in [0.1, 0.15) is 5.56 Å². The van der Waals surface area contributed by atoms with Gasteiger partial charge in [0.25, 0.3) is 5.69 Å². The first-order valence-corrected chi connectivity index (χ1v) is 6.66. The Morgan fingerprint density at radius 2 is 2.00 bits per heavy atom. The number of ether oxygens (including phenoxy) is 3. The average molecular weight is 313 g/mol. The minimum atomic E-state index is -0.636. The van der Waals surface area contributed by atoms with Gasteiger partial charge in [-0.2, -0.15) is 0 Å². The van der Waals surface area contributed by atoms with Crippen molar-refractivity contribution in [2.24, 2.45) is 0 Å². The van der Waals surface area contributed by atoms with Crippen molar-refractivity contribution >= 4 is 17.7 Å². The number of hydrogen-bond acceptors (Lipinski definition) is 6. The molecule has 0 radical (unpaired) electrons. The van der Waals surface area contributed by atoms with E-state index < -0.39 is 10.9 Å². The largest absolute Gasteiger partial charge is 0.454 e. The smallest absolute Gasteiger partial charge is 0.336 e. The Morgan fingerprint density at radius 1 is 1.17 bits per heavy atom. The van der Waals surface area contributed by atoms with Crippen LogP contribution in [0, 0.1) is 10.1 Å². The molecular formula is C16H11NO6. The highest BCUT2D eigenvalue weighted by Gasteiger charge is 2.12. The third-order valence-electron chi connectivity index (χ3n) is 3.06. The molecule has 0 aliphatic carbocycles. The van der Waals surface area contributed by atoms with Crippen LogP contribution in [0.25, 0.3) is 6.08 Å². The summed E-state index contributed by atoms with van der Waals surface area (Å²) in [4.78, 5) is 21.9. The SMILES string of the molecule is O=C(/C=C/c1ccc2c(c1)OCO2)Oc1cccc([N+](=O)[O-])c1. The molecule has 2 aromatic rings. The minimum Gasteiger partial charge on any atom is -0.454 e. The average Bonchev–Trinajstić information content (AvgIpc) is 3.01. The van der Waals surface area contributed by atoms with Gasteiger partial charge in [0, 0.05) is 12.1 Å². The number of hydrogen-bond donors (Lipinski definition) is 0. The van der Waals surface area contributed by atoms with Crippen molar-refractivity contribution in [1.29, 1.82) is 0 Å². The fourth-order valence-corrected chi connectivity index (χ4v) is 1.99. The van der Waals surface area contributed by atoms with Crippen LogP contribution in [0.15, 0.2) is 48.5 Å². The maximum absolute atomic E-state index is 11.8. The Morgan fingerprint density at radius 3 is 2.83 bits per heavy atom. The summed E-state index contributed by atoms with van der Waals surface area (Å²) in [5, 5.41) is 10.7. The quantitative estimate of drug-likeness (QED) is 0.283. The van der Waals surface area contributed by atoms with Gasteiger partial charge in [0.1, 0.15) is 5.75 Å². The van der Waals surface area contributed by atoms with Crippen molar-refractivity contribution < 1.29 is 23.9 Å². The lowest BCUT2D eigenvalue weighted by molar-refractivity contribution is -0.384. The third kappa shape index (κ3) is 3.46. The molecule has 23 heavy (non-hydrogen) atoms. The molecule has 0 spiro atoms. The van der Waals surface area contributed by atoms with Crippen molar-refractivity contribution in [3.8, 4) is 17.2 Å². The van der Waals surface area contributed by atoms with Crippen molar-refractivity contribution in [2.45, 2.75) is 0 Å². The number of benzene rings is 2. The molecule has 1 aliphatic rings. The molecule has 7 heteroatoms. The molecule has 0 aromatic heterocycles. The van der Waals surface area contributed by atoms with E-state index in [-0.39, 0.29) is 18.2 Å². The van der Waals surface area contributed by atoms with Crippen molar-refractivity contribution in [1.82, 2.24) is 0 Å². The second-order valence-electron chi connectivity index (χ2n) is 4.62. The lowest BCUT2D eigenvalue weighted by atomic mass is 10.2. The fraction of sp³-hybridized carbons (Fsp3) is 0.0625. The van der Waals surface area contributed by atoms with Gasteiger partial charge in [-0.05, 0) is 29.8 Å². The topological polar surface area (TPSA) is 87.9 Å². The first-order chi connectivity index (χ1) is 11.1. The van der Waals surface area contributed by atoms with Crippen molar-refractivity contribution in [3.63, 3.8) is 0 Å². The van der Waals surface area contributed by atoms with Gasteiger partial charge in [0.2, 0.25) is 6.79 Å². The lowest BCUT2D eigenvalue weighted by Crippen LogP contribution is -2.03. The molecule has 0 saturated carbocycles. The van der Waals surface area contributed by atoms with E-state index in [1.807, 2.05) is 0 Å². The predicted octanol–water partition coefficient (Wildman–Crippen LogP) is 2.94. The first-order valence-electron chi connectivity index (χ1n) is 6.66. The molecule has 0 unspecified atom stereocenters. The molecule has 0 bridgehead atoms. The van der Waals surface area contributed by atoms with Gasteiger partial charge in [0.15, 0.2) is 11.5 Å². The van der Waals surface area contributed by atoms with E-state index in [1.54, 1.807) is 24.3 Å². The van der Waals surface area contributed by atoms with Crippen LogP contribution in [0.4, 0.5) is 5.69 Å². The second kappa shape index (κ2) is 6.18. The van der Waals surface area contributed by atoms with Crippen LogP contribution in [0.3, 0.4) is 0 Å². The van der Waals surface area contributed by atoms with Gasteiger partial charge in [-0.3, -0.25) is 10.1 Å². The zero-order valence-corrected chi connectivity index (χ0v) is 11.8. The molecule has 0 N–H and O–H groups in total. The highest BCUT2D eigenvalue weighted by Crippen LogP contribution is 2.32. The summed E-state index contributed by atoms with van der Waals surface area (Å²) in [5.74, 6) is 0.739. The van der Waals surface area contributed by atoms with Crippen LogP contribution >= 0.6 is 0 Å². The maximum atomic E-state index is 11.8. The molecule has 2 aromatic carbocycles. The maximum Gasteiger partial charge on any atom is 0.336 e. The molecule has 1 aliphatic heterocycles. The summed E-state index contributed by atoms with van der Waals surface area (Å²) >= 11 is 0. The van der Waals surface area contributed by atoms with E-state index in [4.69, 9.17) is 14.2 Å². The van der Waals surface area contributed by atoms with E-state index in [9.17, 15) is 14.9 Å². The van der Waals surface area contributed by atoms with Crippen molar-refractivity contribution in [2.75, 3.05) is 6.79 Å². The number of esters is 1. The van der Waals surface area contributed by atoms with Gasteiger partial charge in [0.05, 0.1) is 11.0 Å². The normalized spacial score (nSPS) is 12.3. The predicted molar refractivity (Wildman–Crippen MR) is 80.3 cm³/mol. The Balaban J connectivity index is 1.67. The number of non-ortho nitro benzene ring substituents is 1. The van der Waals surface area contributed by atoms with Gasteiger partial charge in [-0.15, -0.1) is 0 Å². The first kappa shape index (κ1) is 14.6. The zero-order valence-electron chi connectivity index (χ0n) is 11.8. The lowest BCUT2D eigenvalue weighted by Gasteiger charge is -2.01. The van der Waals surface area contributed by atoms with Crippen LogP contribution < -0.4 is 14.2 Å². The summed E-state index contributed by atoms with van der Waals surface area (Å²) < 4.78 is 15.5. The Bertz CT molecular complexity index is 799. The number of nitro groups is 1. The third-order valence-corrected chi connectivity index (χ3v) is 3.06. The summed E-state index contributed by atoms with van der Waals surface area (Å²) in [7, 11) is 0. The molecule has 3 rings (SSSR count). The van der Waals surface area contributed by atoms with Gasteiger partial charge < -0.3 is 14.2 Å². The van der Waals surface area contributed by atoms with Gasteiger partial charge >= 0.3 is 5.97 Å². The summed E-state index contributed by atoms with van der Waals surface area (Å²) in [6.45, 7) is 0.178. The Labute approximate surface area is 130 Å². The molecule has 0 fully saturated rings. The molecule has 7 nitrogen and oxygen atoms in total. The molecule has 0 amide bonds. The number of carbonyl (C=O) groups is 1. The van der Waals surface area contributed by atoms with Crippen LogP contribution in [-0.4, -0.2) is 17.7 Å². The van der Waals surface area contributed by atoms with E-state index in [2.05, 4.69) is 0 Å². The standard InChI is InChI=1S/C16H11NO6/c18-16(23-13-3-1-2-12(9-13)17(19)20)7-5-11-4-6-14-15(8-11)22-10-21-14/h1-9H,10H2/b7-5+. The molecule has 0 atom stereocenters. The fourth-order valence-electron chi connectivity index (χ4n) is 1.99. The Hall–Kier alpha value is -3.35. The molecule has 116 valence electrons. The monoisotopic (exact) mass is 313 g/mol. The van der Waals surface area contributed by atoms with E-state index in [0.29, 0.717) is 11.5 Å². The molecule has 0 saturated heterocycles. The summed E-state index contributed by atoms with van der Waals surface area (Å²) in [5.41, 5.74) is 0.597. The number of nitro benzene ring substituents is 1. The highest BCUT2D eigenvalue weighted by atomic mass is 16.7. The van der Waals surface area contributed by atoms with Crippen molar-refractivity contribution in [3.05, 3.63) is 64.2 Å². The second-order valence-corrected chi connectivity index (χ2v) is 4.62. The highest BCUT2D eigenvalue weighted by molar-refractivity contribution is 5.88. The van der Waals surface area contributed by atoms with E-state index in [0.717, 1.165) is 5.56 Å². The van der Waals surface area contributed by atoms with Crippen LogP contribution in [0.5, 0.6) is 17.2 Å². The number of fused-ring (bicyclic) bond motifs is 1. The van der Waals surface area contributed by atoms with E-state index >= 15 is 0 Å². The summed E-state index contributed by atoms with van der Waals surface area (Å²) in [6.07, 6.45) is 2.79. The van der Waals surface area contributed by atoms with Gasteiger partial charge in [-0.25, -0.2) is 4.79 Å². The molecule has 1 heterocycles. The van der Waals surface area contributed by atoms with E-state index in [1.165, 1.54) is 30.3 Å². The molecular weight excluding hydrogens is 302 g/mol. The number of carbonyl (C=O) groups excluding carboxylic acids is 1. The summed E-state index contributed by atoms with van der Waals surface area (Å²) in [6, 6.07) is 10.7.